The Labute approximate surface area is 161 Å². The van der Waals surface area contributed by atoms with Gasteiger partial charge in [0.25, 0.3) is 11.8 Å². The topological polar surface area (TPSA) is 75.7 Å². The van der Waals surface area contributed by atoms with Crippen molar-refractivity contribution < 1.29 is 23.5 Å². The van der Waals surface area contributed by atoms with E-state index in [9.17, 15) is 18.8 Å². The molecule has 1 fully saturated rings. The van der Waals surface area contributed by atoms with Gasteiger partial charge in [-0.05, 0) is 55.3 Å². The van der Waals surface area contributed by atoms with Crippen molar-refractivity contribution in [2.75, 3.05) is 25.0 Å². The van der Waals surface area contributed by atoms with Crippen LogP contribution in [0.2, 0.25) is 0 Å². The minimum Gasteiger partial charge on any atom is -0.482 e. The zero-order valence-corrected chi connectivity index (χ0v) is 15.1. The third-order valence-electron chi connectivity index (χ3n) is 5.14. The van der Waals surface area contributed by atoms with Crippen molar-refractivity contribution in [2.24, 2.45) is 5.92 Å². The lowest BCUT2D eigenvalue weighted by molar-refractivity contribution is -0.118. The van der Waals surface area contributed by atoms with Crippen LogP contribution in [-0.4, -0.2) is 42.2 Å². The first-order chi connectivity index (χ1) is 13.5. The maximum Gasteiger partial charge on any atom is 0.262 e. The minimum atomic E-state index is -0.382. The Balaban J connectivity index is 1.40. The van der Waals surface area contributed by atoms with Gasteiger partial charge < -0.3 is 15.0 Å². The molecule has 28 heavy (non-hydrogen) atoms. The summed E-state index contributed by atoms with van der Waals surface area (Å²) in [4.78, 5) is 38.5. The molecule has 4 rings (SSSR count). The first-order valence-electron chi connectivity index (χ1n) is 9.17. The van der Waals surface area contributed by atoms with E-state index in [1.807, 2.05) is 0 Å². The highest BCUT2D eigenvalue weighted by atomic mass is 19.1. The SMILES string of the molecule is O=C1COc2ccc(C(=O)C3CCN(C(=O)c4ccc(F)cc4)CC3)cc2N1. The number of likely N-dealkylation sites (tertiary alicyclic amines) is 1. The lowest BCUT2D eigenvalue weighted by Crippen LogP contribution is -2.40. The van der Waals surface area contributed by atoms with E-state index in [-0.39, 0.29) is 35.9 Å². The summed E-state index contributed by atoms with van der Waals surface area (Å²) in [5.74, 6) is -0.417. The maximum absolute atomic E-state index is 13.0. The fraction of sp³-hybridized carbons (Fsp3) is 0.286. The standard InChI is InChI=1S/C21H19FN2O4/c22-16-4-1-14(2-5-16)21(27)24-9-7-13(8-10-24)20(26)15-3-6-18-17(11-15)23-19(25)12-28-18/h1-6,11,13H,7-10,12H2,(H,23,25). The highest BCUT2D eigenvalue weighted by Gasteiger charge is 2.29. The Hall–Kier alpha value is -3.22. The van der Waals surface area contributed by atoms with Gasteiger partial charge in [-0.3, -0.25) is 14.4 Å². The molecule has 0 unspecified atom stereocenters. The second-order valence-electron chi connectivity index (χ2n) is 6.99. The van der Waals surface area contributed by atoms with E-state index in [1.165, 1.54) is 24.3 Å². The summed E-state index contributed by atoms with van der Waals surface area (Å²) in [6.07, 6.45) is 1.12. The molecule has 1 saturated heterocycles. The summed E-state index contributed by atoms with van der Waals surface area (Å²) in [5, 5.41) is 2.71. The first kappa shape index (κ1) is 18.2. The van der Waals surface area contributed by atoms with Gasteiger partial charge in [0.1, 0.15) is 11.6 Å². The van der Waals surface area contributed by atoms with Crippen LogP contribution in [0.5, 0.6) is 5.75 Å². The van der Waals surface area contributed by atoms with Crippen LogP contribution in [0.3, 0.4) is 0 Å². The van der Waals surface area contributed by atoms with Crippen molar-refractivity contribution in [3.63, 3.8) is 0 Å². The molecule has 144 valence electrons. The van der Waals surface area contributed by atoms with Gasteiger partial charge in [-0.15, -0.1) is 0 Å². The molecule has 0 spiro atoms. The van der Waals surface area contributed by atoms with Crippen molar-refractivity contribution in [3.05, 3.63) is 59.4 Å². The Morgan fingerprint density at radius 1 is 1.04 bits per heavy atom. The molecule has 2 aliphatic rings. The Morgan fingerprint density at radius 3 is 2.43 bits per heavy atom. The van der Waals surface area contributed by atoms with E-state index < -0.39 is 0 Å². The number of carbonyl (C=O) groups is 3. The number of anilines is 1. The normalized spacial score (nSPS) is 16.8. The van der Waals surface area contributed by atoms with Gasteiger partial charge in [-0.25, -0.2) is 4.39 Å². The Kier molecular flexibility index (Phi) is 4.81. The summed E-state index contributed by atoms with van der Waals surface area (Å²) in [5.41, 5.74) is 1.47. The van der Waals surface area contributed by atoms with Crippen molar-refractivity contribution in [2.45, 2.75) is 12.8 Å². The van der Waals surface area contributed by atoms with Crippen LogP contribution < -0.4 is 10.1 Å². The average molecular weight is 382 g/mol. The minimum absolute atomic E-state index is 0.00324. The number of hydrogen-bond donors (Lipinski definition) is 1. The van der Waals surface area contributed by atoms with Crippen LogP contribution in [0.25, 0.3) is 0 Å². The molecule has 0 aliphatic carbocycles. The van der Waals surface area contributed by atoms with Crippen LogP contribution in [0, 0.1) is 11.7 Å². The number of ether oxygens (including phenoxy) is 1. The third kappa shape index (κ3) is 3.60. The molecular formula is C21H19FN2O4. The molecule has 2 aliphatic heterocycles. The predicted molar refractivity (Wildman–Crippen MR) is 99.9 cm³/mol. The van der Waals surface area contributed by atoms with E-state index in [0.717, 1.165) is 0 Å². The Morgan fingerprint density at radius 2 is 1.71 bits per heavy atom. The van der Waals surface area contributed by atoms with E-state index in [1.54, 1.807) is 23.1 Å². The van der Waals surface area contributed by atoms with Crippen molar-refractivity contribution >= 4 is 23.3 Å². The van der Waals surface area contributed by atoms with Crippen molar-refractivity contribution in [3.8, 4) is 5.75 Å². The lowest BCUT2D eigenvalue weighted by Gasteiger charge is -2.31. The number of carbonyl (C=O) groups excluding carboxylic acids is 3. The Bertz CT molecular complexity index is 934. The van der Waals surface area contributed by atoms with Crippen LogP contribution >= 0.6 is 0 Å². The monoisotopic (exact) mass is 382 g/mol. The summed E-state index contributed by atoms with van der Waals surface area (Å²) in [6.45, 7) is 0.912. The highest BCUT2D eigenvalue weighted by molar-refractivity contribution is 6.02. The number of hydrogen-bond acceptors (Lipinski definition) is 4. The number of amides is 2. The van der Waals surface area contributed by atoms with Crippen molar-refractivity contribution in [1.29, 1.82) is 0 Å². The molecule has 0 saturated carbocycles. The number of ketones is 1. The van der Waals surface area contributed by atoms with Crippen LogP contribution in [0.1, 0.15) is 33.6 Å². The molecule has 6 nitrogen and oxygen atoms in total. The molecule has 7 heteroatoms. The summed E-state index contributed by atoms with van der Waals surface area (Å²) >= 11 is 0. The van der Waals surface area contributed by atoms with Gasteiger partial charge in [0.2, 0.25) is 0 Å². The number of rotatable bonds is 3. The summed E-state index contributed by atoms with van der Waals surface area (Å²) in [6, 6.07) is 10.5. The fourth-order valence-electron chi connectivity index (χ4n) is 3.59. The smallest absolute Gasteiger partial charge is 0.262 e. The highest BCUT2D eigenvalue weighted by Crippen LogP contribution is 2.31. The molecule has 2 aromatic rings. The average Bonchev–Trinajstić information content (AvgIpc) is 2.73. The summed E-state index contributed by atoms with van der Waals surface area (Å²) < 4.78 is 18.3. The quantitative estimate of drug-likeness (QED) is 0.829. The van der Waals surface area contributed by atoms with Gasteiger partial charge in [-0.2, -0.15) is 0 Å². The van der Waals surface area contributed by atoms with Gasteiger partial charge in [0.05, 0.1) is 5.69 Å². The van der Waals surface area contributed by atoms with Gasteiger partial charge in [0.15, 0.2) is 12.4 Å². The van der Waals surface area contributed by atoms with E-state index in [0.29, 0.717) is 48.5 Å². The lowest BCUT2D eigenvalue weighted by atomic mass is 9.88. The van der Waals surface area contributed by atoms with Crippen molar-refractivity contribution in [1.82, 2.24) is 4.90 Å². The molecule has 0 bridgehead atoms. The fourth-order valence-corrected chi connectivity index (χ4v) is 3.59. The zero-order valence-electron chi connectivity index (χ0n) is 15.1. The molecule has 0 radical (unpaired) electrons. The molecule has 0 atom stereocenters. The molecule has 1 N–H and O–H groups in total. The van der Waals surface area contributed by atoms with Gasteiger partial charge in [-0.1, -0.05) is 0 Å². The summed E-state index contributed by atoms with van der Waals surface area (Å²) in [7, 11) is 0. The molecular weight excluding hydrogens is 363 g/mol. The van der Waals surface area contributed by atoms with Crippen LogP contribution in [0.4, 0.5) is 10.1 Å². The second kappa shape index (κ2) is 7.42. The first-order valence-corrected chi connectivity index (χ1v) is 9.17. The van der Waals surface area contributed by atoms with E-state index in [2.05, 4.69) is 5.32 Å². The second-order valence-corrected chi connectivity index (χ2v) is 6.99. The van der Waals surface area contributed by atoms with Gasteiger partial charge >= 0.3 is 0 Å². The number of Topliss-reactive ketones (excluding diaryl/α,β-unsaturated/α-hetero) is 1. The number of benzene rings is 2. The number of piperidine rings is 1. The predicted octanol–water partition coefficient (Wildman–Crippen LogP) is 2.89. The maximum atomic E-state index is 13.0. The number of nitrogens with zero attached hydrogens (tertiary/aromatic N) is 1. The van der Waals surface area contributed by atoms with Gasteiger partial charge in [0, 0.05) is 30.1 Å². The molecule has 2 heterocycles. The number of halogens is 1. The van der Waals surface area contributed by atoms with E-state index in [4.69, 9.17) is 4.74 Å². The molecule has 2 aromatic carbocycles. The largest absolute Gasteiger partial charge is 0.482 e. The zero-order chi connectivity index (χ0) is 19.7. The number of nitrogens with one attached hydrogen (secondary N) is 1. The van der Waals surface area contributed by atoms with Crippen LogP contribution in [0.15, 0.2) is 42.5 Å². The van der Waals surface area contributed by atoms with E-state index >= 15 is 0 Å². The molecule has 2 amide bonds. The van der Waals surface area contributed by atoms with Crippen LogP contribution in [-0.2, 0) is 4.79 Å². The number of fused-ring (bicyclic) bond motifs is 1. The molecule has 0 aromatic heterocycles. The third-order valence-corrected chi connectivity index (χ3v) is 5.14.